The number of ether oxygens (including phenoxy) is 6. The second-order valence-electron chi connectivity index (χ2n) is 19.4. The lowest BCUT2D eigenvalue weighted by Crippen LogP contribution is -2.48. The molecule has 6 unspecified atom stereocenters. The van der Waals surface area contributed by atoms with Gasteiger partial charge in [-0.25, -0.2) is 4.79 Å². The number of nitrogens with one attached hydrogen (secondary N) is 9. The molecule has 3 aliphatic heterocycles. The Morgan fingerprint density at radius 1 is 0.595 bits per heavy atom. The van der Waals surface area contributed by atoms with Gasteiger partial charge in [-0.1, -0.05) is 12.8 Å². The van der Waals surface area contributed by atoms with Gasteiger partial charge in [0.15, 0.2) is 0 Å². The average molecular weight is 1150 g/mol. The first-order valence-electron chi connectivity index (χ1n) is 28.2. The number of benzene rings is 1. The Kier molecular flexibility index (Phi) is 35.7. The number of carbonyl (C=O) groups is 7. The monoisotopic (exact) mass is 1150 g/mol. The molecule has 24 heteroatoms. The first-order chi connectivity index (χ1) is 38.6. The molecule has 1 aromatic carbocycles. The summed E-state index contributed by atoms with van der Waals surface area (Å²) in [6.07, 6.45) is 16.2. The van der Waals surface area contributed by atoms with Gasteiger partial charge in [0.1, 0.15) is 0 Å². The third-order valence-corrected chi connectivity index (χ3v) is 16.2. The second-order valence-corrected chi connectivity index (χ2v) is 21.9. The second kappa shape index (κ2) is 42.2. The van der Waals surface area contributed by atoms with E-state index >= 15 is 0 Å². The van der Waals surface area contributed by atoms with E-state index in [-0.39, 0.29) is 65.5 Å². The van der Waals surface area contributed by atoms with Crippen molar-refractivity contribution in [3.05, 3.63) is 29.3 Å². The van der Waals surface area contributed by atoms with E-state index in [9.17, 15) is 33.6 Å². The van der Waals surface area contributed by atoms with Crippen LogP contribution < -0.4 is 47.9 Å². The number of terminal acetylenes is 1. The number of anilines is 1. The highest BCUT2D eigenvalue weighted by Crippen LogP contribution is 2.33. The molecule has 3 saturated heterocycles. The Balaban J connectivity index is 0.951. The largest absolute Gasteiger partial charge is 0.379 e. The number of hydrogen-bond acceptors (Lipinski definition) is 16. The quantitative estimate of drug-likeness (QED) is 0.0196. The molecule has 3 fully saturated rings. The Bertz CT molecular complexity index is 2010. The van der Waals surface area contributed by atoms with Crippen LogP contribution in [-0.4, -0.2) is 201 Å². The van der Waals surface area contributed by atoms with E-state index in [4.69, 9.17) is 34.8 Å². The van der Waals surface area contributed by atoms with Crippen molar-refractivity contribution in [2.75, 3.05) is 129 Å². The Morgan fingerprint density at radius 3 is 1.56 bits per heavy atom. The number of hydrogen-bond donors (Lipinski definition) is 9. The van der Waals surface area contributed by atoms with Gasteiger partial charge in [-0.15, -0.1) is 12.3 Å². The van der Waals surface area contributed by atoms with Crippen LogP contribution >= 0.6 is 23.5 Å². The molecule has 8 amide bonds. The minimum absolute atomic E-state index is 0.0377. The molecule has 0 radical (unpaired) electrons. The molecular weight excluding hydrogens is 1060 g/mol. The predicted molar refractivity (Wildman–Crippen MR) is 306 cm³/mol. The molecule has 79 heavy (non-hydrogen) atoms. The molecule has 0 aromatic heterocycles. The first-order valence-corrected chi connectivity index (χ1v) is 30.3. The molecule has 1 aromatic rings. The summed E-state index contributed by atoms with van der Waals surface area (Å²) in [5.74, 6) is 3.42. The van der Waals surface area contributed by atoms with Crippen LogP contribution in [-0.2, 0) is 47.6 Å². The van der Waals surface area contributed by atoms with Crippen molar-refractivity contribution >= 4 is 71.2 Å². The van der Waals surface area contributed by atoms with Gasteiger partial charge < -0.3 is 76.3 Å². The number of thioether (sulfide) groups is 2. The van der Waals surface area contributed by atoms with Gasteiger partial charge in [-0.05, 0) is 83.0 Å². The summed E-state index contributed by atoms with van der Waals surface area (Å²) in [5.41, 5.74) is 0.753. The number of fused-ring (bicyclic) bond motifs is 1. The molecule has 9 N–H and O–H groups in total. The zero-order valence-electron chi connectivity index (χ0n) is 46.3. The normalized spacial score (nSPS) is 19.2. The highest BCUT2D eigenvalue weighted by atomic mass is 32.2. The standard InChI is InChI=1S/C55H89N9O13S2/c1-3-4-5-18-50(68)62-43-36-41(53(69)59-21-12-25-74-29-33-76-31-27-72-23-10-19-57-48(66)16-8-6-14-46-51(61-40-65)44(56-2)38-78-46)35-42(37-43)54(70)60-22-13-26-75-30-34-77-32-28-73-24-11-20-58-49(67)17-9-7-15-47-52-45(39-79-47)63-55(71)64-52/h1,35-37,40,44-47,51-52,56H,4-34,38-39H2,2H3,(H,57,66)(H,58,67)(H,59,69)(H,60,70)(H,61,65)(H,62,68)(H2,63,64,71). The fourth-order valence-corrected chi connectivity index (χ4v) is 12.2. The van der Waals surface area contributed by atoms with E-state index < -0.39 is 11.8 Å². The maximum atomic E-state index is 13.2. The molecule has 0 bridgehead atoms. The number of amides is 8. The minimum atomic E-state index is -0.403. The predicted octanol–water partition coefficient (Wildman–Crippen LogP) is 2.88. The van der Waals surface area contributed by atoms with Crippen LogP contribution in [0.5, 0.6) is 0 Å². The van der Waals surface area contributed by atoms with E-state index in [1.807, 2.05) is 30.6 Å². The van der Waals surface area contributed by atoms with Crippen LogP contribution in [0.25, 0.3) is 0 Å². The van der Waals surface area contributed by atoms with Gasteiger partial charge in [-0.2, -0.15) is 23.5 Å². The molecular formula is C55H89N9O13S2. The Hall–Kier alpha value is -4.71. The highest BCUT2D eigenvalue weighted by molar-refractivity contribution is 8.00. The number of rotatable bonds is 47. The van der Waals surface area contributed by atoms with Gasteiger partial charge >= 0.3 is 6.03 Å². The summed E-state index contributed by atoms with van der Waals surface area (Å²) in [7, 11) is 1.91. The fourth-order valence-electron chi connectivity index (χ4n) is 8.98. The fraction of sp³-hybridized carbons (Fsp3) is 0.727. The Labute approximate surface area is 475 Å². The van der Waals surface area contributed by atoms with E-state index in [1.165, 1.54) is 18.2 Å². The van der Waals surface area contributed by atoms with E-state index in [1.54, 1.807) is 0 Å². The van der Waals surface area contributed by atoms with Gasteiger partial charge in [0.05, 0.1) is 71.0 Å². The van der Waals surface area contributed by atoms with Crippen molar-refractivity contribution in [1.82, 2.24) is 42.5 Å². The topological polar surface area (TPSA) is 283 Å². The van der Waals surface area contributed by atoms with Gasteiger partial charge in [0, 0.05) is 123 Å². The van der Waals surface area contributed by atoms with E-state index in [2.05, 4.69) is 53.8 Å². The van der Waals surface area contributed by atoms with Crippen molar-refractivity contribution in [2.45, 2.75) is 131 Å². The molecule has 4 rings (SSSR count). The first kappa shape index (κ1) is 66.8. The van der Waals surface area contributed by atoms with E-state index in [0.29, 0.717) is 173 Å². The molecule has 6 atom stereocenters. The maximum absolute atomic E-state index is 13.2. The Morgan fingerprint density at radius 2 is 1.06 bits per heavy atom. The van der Waals surface area contributed by atoms with Crippen LogP contribution in [0.15, 0.2) is 18.2 Å². The summed E-state index contributed by atoms with van der Waals surface area (Å²) >= 11 is 3.76. The molecule has 0 saturated carbocycles. The van der Waals surface area contributed by atoms with Crippen molar-refractivity contribution in [1.29, 1.82) is 0 Å². The summed E-state index contributed by atoms with van der Waals surface area (Å²) in [4.78, 5) is 86.0. The van der Waals surface area contributed by atoms with E-state index in [0.717, 1.165) is 56.4 Å². The van der Waals surface area contributed by atoms with Gasteiger partial charge in [0.25, 0.3) is 11.8 Å². The minimum Gasteiger partial charge on any atom is -0.379 e. The number of urea groups is 1. The van der Waals surface area contributed by atoms with Gasteiger partial charge in [-0.3, -0.25) is 28.8 Å². The molecule has 3 aliphatic rings. The number of carbonyl (C=O) groups excluding carboxylic acids is 7. The lowest BCUT2D eigenvalue weighted by Gasteiger charge is -2.22. The molecule has 22 nitrogen and oxygen atoms in total. The lowest BCUT2D eigenvalue weighted by molar-refractivity contribution is -0.122. The summed E-state index contributed by atoms with van der Waals surface area (Å²) < 4.78 is 33.7. The average Bonchev–Trinajstić information content (AvgIpc) is 4.17. The van der Waals surface area contributed by atoms with Crippen molar-refractivity contribution in [3.63, 3.8) is 0 Å². The molecule has 444 valence electrons. The van der Waals surface area contributed by atoms with Crippen LogP contribution in [0.2, 0.25) is 0 Å². The summed E-state index contributed by atoms with van der Waals surface area (Å²) in [6.45, 7) is 6.80. The molecule has 0 spiro atoms. The molecule has 0 aliphatic carbocycles. The van der Waals surface area contributed by atoms with Crippen molar-refractivity contribution in [2.24, 2.45) is 0 Å². The van der Waals surface area contributed by atoms with Crippen LogP contribution in [0.4, 0.5) is 10.5 Å². The number of unbranched alkanes of at least 4 members (excludes halogenated alkanes) is 3. The summed E-state index contributed by atoms with van der Waals surface area (Å²) in [5, 5.41) is 27.3. The smallest absolute Gasteiger partial charge is 0.315 e. The van der Waals surface area contributed by atoms with Crippen molar-refractivity contribution < 1.29 is 62.0 Å². The third-order valence-electron chi connectivity index (χ3n) is 13.2. The van der Waals surface area contributed by atoms with Crippen LogP contribution in [0.1, 0.15) is 117 Å². The zero-order valence-corrected chi connectivity index (χ0v) is 47.9. The van der Waals surface area contributed by atoms with Gasteiger partial charge in [0.2, 0.25) is 24.1 Å². The van der Waals surface area contributed by atoms with Crippen LogP contribution in [0, 0.1) is 12.3 Å². The highest BCUT2D eigenvalue weighted by Gasteiger charge is 2.42. The maximum Gasteiger partial charge on any atom is 0.315 e. The third kappa shape index (κ3) is 29.0. The number of likely N-dealkylation sites (N-methyl/N-ethyl adjacent to an activating group) is 1. The van der Waals surface area contributed by atoms with Crippen LogP contribution in [0.3, 0.4) is 0 Å². The zero-order chi connectivity index (χ0) is 56.6. The van der Waals surface area contributed by atoms with Crippen molar-refractivity contribution in [3.8, 4) is 12.3 Å². The molecule has 3 heterocycles. The lowest BCUT2D eigenvalue weighted by atomic mass is 10.0. The summed E-state index contributed by atoms with van der Waals surface area (Å²) in [6, 6.07) is 5.29. The SMILES string of the molecule is C#CCCCC(=O)Nc1cc(C(=O)NCCCOCCOCCOCCCNC(=O)CCCCC2SCC(NC)C2NC=O)cc(C(=O)NCCCOCCOCCOCCCNC(=O)CCCCC2SCC3NC(=O)NC32)c1.